The molecule has 120 valence electrons. The molecule has 2 rings (SSSR count). The Morgan fingerprint density at radius 1 is 1.27 bits per heavy atom. The van der Waals surface area contributed by atoms with Gasteiger partial charge in [-0.1, -0.05) is 20.8 Å². The summed E-state index contributed by atoms with van der Waals surface area (Å²) in [4.78, 5) is 26.6. The zero-order valence-electron chi connectivity index (χ0n) is 13.6. The number of carbonyl (C=O) groups excluding carboxylic acids is 2. The lowest BCUT2D eigenvalue weighted by Gasteiger charge is -2.34. The summed E-state index contributed by atoms with van der Waals surface area (Å²) in [7, 11) is 0. The van der Waals surface area contributed by atoms with E-state index < -0.39 is 5.41 Å². The number of rotatable bonds is 4. The molecule has 0 saturated carbocycles. The minimum Gasteiger partial charge on any atom is -0.312 e. The Bertz CT molecular complexity index is 575. The Kier molecular flexibility index (Phi) is 5.28. The number of anilines is 1. The maximum Gasteiger partial charge on any atom is 0.232 e. The fraction of sp³-hybridized carbons (Fsp3) is 0.556. The van der Waals surface area contributed by atoms with Crippen LogP contribution < -0.4 is 4.90 Å². The van der Waals surface area contributed by atoms with Gasteiger partial charge in [-0.25, -0.2) is 0 Å². The van der Waals surface area contributed by atoms with Crippen LogP contribution in [0.2, 0.25) is 0 Å². The van der Waals surface area contributed by atoms with E-state index in [1.54, 1.807) is 0 Å². The highest BCUT2D eigenvalue weighted by Crippen LogP contribution is 2.32. The second-order valence-corrected chi connectivity index (χ2v) is 7.25. The van der Waals surface area contributed by atoms with Crippen LogP contribution in [-0.4, -0.2) is 24.1 Å². The van der Waals surface area contributed by atoms with E-state index in [0.29, 0.717) is 18.7 Å². The minimum atomic E-state index is -0.399. The van der Waals surface area contributed by atoms with E-state index in [2.05, 4.69) is 0 Å². The van der Waals surface area contributed by atoms with Gasteiger partial charge in [-0.3, -0.25) is 9.59 Å². The molecule has 22 heavy (non-hydrogen) atoms. The Hall–Kier alpha value is -1.35. The number of hydrogen-bond donors (Lipinski definition) is 0. The highest BCUT2D eigenvalue weighted by Gasteiger charge is 2.31. The van der Waals surface area contributed by atoms with Crippen LogP contribution in [0.5, 0.6) is 0 Å². The summed E-state index contributed by atoms with van der Waals surface area (Å²) in [6.07, 6.45) is 3.03. The van der Waals surface area contributed by atoms with Crippen molar-refractivity contribution >= 4 is 29.0 Å². The predicted molar refractivity (Wildman–Crippen MR) is 90.9 cm³/mol. The molecule has 0 unspecified atom stereocenters. The van der Waals surface area contributed by atoms with E-state index >= 15 is 0 Å². The summed E-state index contributed by atoms with van der Waals surface area (Å²) in [6.45, 7) is 6.57. The van der Waals surface area contributed by atoms with Gasteiger partial charge in [0.1, 0.15) is 0 Å². The standard InChI is InChI=1S/C18H24ClNO2/c1-18(2,3)17(22)20-11-5-6-13-12-14(8-9-15(13)20)16(21)7-4-10-19/h8-9,12H,4-7,10-11H2,1-3H3. The molecule has 1 aliphatic rings. The number of halogens is 1. The van der Waals surface area contributed by atoms with Crippen LogP contribution in [0, 0.1) is 5.41 Å². The molecule has 0 fully saturated rings. The number of ketones is 1. The van der Waals surface area contributed by atoms with Gasteiger partial charge >= 0.3 is 0 Å². The maximum atomic E-state index is 12.6. The summed E-state index contributed by atoms with van der Waals surface area (Å²) in [6, 6.07) is 5.71. The Labute approximate surface area is 137 Å². The van der Waals surface area contributed by atoms with E-state index in [9.17, 15) is 9.59 Å². The van der Waals surface area contributed by atoms with Gasteiger partial charge < -0.3 is 4.90 Å². The SMILES string of the molecule is CC(C)(C)C(=O)N1CCCc2cc(C(=O)CCCCl)ccc21. The molecule has 0 N–H and O–H groups in total. The minimum absolute atomic E-state index is 0.128. The second-order valence-electron chi connectivity index (χ2n) is 6.87. The van der Waals surface area contributed by atoms with Crippen molar-refractivity contribution in [1.29, 1.82) is 0 Å². The van der Waals surface area contributed by atoms with Gasteiger partial charge in [-0.05, 0) is 43.0 Å². The lowest BCUT2D eigenvalue weighted by atomic mass is 9.91. The second kappa shape index (κ2) is 6.82. The van der Waals surface area contributed by atoms with Gasteiger partial charge in [0.15, 0.2) is 5.78 Å². The summed E-state index contributed by atoms with van der Waals surface area (Å²) in [5.41, 5.74) is 2.39. The first kappa shape index (κ1) is 17.0. The highest BCUT2D eigenvalue weighted by atomic mass is 35.5. The molecule has 0 saturated heterocycles. The molecule has 1 amide bonds. The van der Waals surface area contributed by atoms with Crippen molar-refractivity contribution in [2.45, 2.75) is 46.5 Å². The molecule has 0 atom stereocenters. The summed E-state index contributed by atoms with van der Waals surface area (Å²) >= 11 is 5.65. The topological polar surface area (TPSA) is 37.4 Å². The Balaban J connectivity index is 2.27. The number of carbonyl (C=O) groups is 2. The van der Waals surface area contributed by atoms with Crippen LogP contribution in [0.3, 0.4) is 0 Å². The van der Waals surface area contributed by atoms with Gasteiger partial charge in [-0.15, -0.1) is 11.6 Å². The molecule has 4 heteroatoms. The van der Waals surface area contributed by atoms with Crippen molar-refractivity contribution in [1.82, 2.24) is 0 Å². The van der Waals surface area contributed by atoms with Crippen molar-refractivity contribution in [3.05, 3.63) is 29.3 Å². The van der Waals surface area contributed by atoms with Crippen molar-refractivity contribution < 1.29 is 9.59 Å². The number of amides is 1. The van der Waals surface area contributed by atoms with Crippen LogP contribution in [0.15, 0.2) is 18.2 Å². The fourth-order valence-corrected chi connectivity index (χ4v) is 2.89. The van der Waals surface area contributed by atoms with Crippen LogP contribution >= 0.6 is 11.6 Å². The lowest BCUT2D eigenvalue weighted by Crippen LogP contribution is -2.42. The monoisotopic (exact) mass is 321 g/mol. The number of Topliss-reactive ketones (excluding diaryl/α,β-unsaturated/α-hetero) is 1. The third-order valence-corrected chi connectivity index (χ3v) is 4.21. The van der Waals surface area contributed by atoms with Gasteiger partial charge in [0.05, 0.1) is 0 Å². The highest BCUT2D eigenvalue weighted by molar-refractivity contribution is 6.18. The zero-order chi connectivity index (χ0) is 16.3. The molecule has 0 radical (unpaired) electrons. The lowest BCUT2D eigenvalue weighted by molar-refractivity contribution is -0.125. The molecule has 3 nitrogen and oxygen atoms in total. The number of nitrogens with zero attached hydrogens (tertiary/aromatic N) is 1. The number of benzene rings is 1. The van der Waals surface area contributed by atoms with Crippen molar-refractivity contribution in [2.75, 3.05) is 17.3 Å². The molecule has 1 aliphatic heterocycles. The van der Waals surface area contributed by atoms with Gasteiger partial charge in [0.25, 0.3) is 0 Å². The van der Waals surface area contributed by atoms with E-state index in [4.69, 9.17) is 11.6 Å². The molecule has 0 spiro atoms. The number of hydrogen-bond acceptors (Lipinski definition) is 2. The molecule has 0 bridgehead atoms. The third-order valence-electron chi connectivity index (χ3n) is 3.94. The first-order valence-electron chi connectivity index (χ1n) is 7.88. The van der Waals surface area contributed by atoms with E-state index in [0.717, 1.165) is 36.2 Å². The number of fused-ring (bicyclic) bond motifs is 1. The van der Waals surface area contributed by atoms with Crippen molar-refractivity contribution in [2.24, 2.45) is 5.41 Å². The maximum absolute atomic E-state index is 12.6. The van der Waals surface area contributed by atoms with Crippen LogP contribution in [0.4, 0.5) is 5.69 Å². The van der Waals surface area contributed by atoms with Crippen molar-refractivity contribution in [3.63, 3.8) is 0 Å². The van der Waals surface area contributed by atoms with Gasteiger partial charge in [-0.2, -0.15) is 0 Å². The van der Waals surface area contributed by atoms with E-state index in [1.165, 1.54) is 0 Å². The molecule has 1 aromatic carbocycles. The number of aryl methyl sites for hydroxylation is 1. The molecule has 1 heterocycles. The Morgan fingerprint density at radius 2 is 2.00 bits per heavy atom. The summed E-state index contributed by atoms with van der Waals surface area (Å²) < 4.78 is 0. The first-order chi connectivity index (χ1) is 10.3. The normalized spacial score (nSPS) is 14.6. The molecular formula is C18H24ClNO2. The quantitative estimate of drug-likeness (QED) is 0.615. The van der Waals surface area contributed by atoms with Crippen LogP contribution in [-0.2, 0) is 11.2 Å². The molecular weight excluding hydrogens is 298 g/mol. The van der Waals surface area contributed by atoms with E-state index in [-0.39, 0.29) is 11.7 Å². The van der Waals surface area contributed by atoms with Crippen molar-refractivity contribution in [3.8, 4) is 0 Å². The zero-order valence-corrected chi connectivity index (χ0v) is 14.4. The average molecular weight is 322 g/mol. The Morgan fingerprint density at radius 3 is 2.64 bits per heavy atom. The largest absolute Gasteiger partial charge is 0.312 e. The molecule has 1 aromatic rings. The predicted octanol–water partition coefficient (Wildman–Crippen LogP) is 4.21. The van der Waals surface area contributed by atoms with E-state index in [1.807, 2.05) is 43.9 Å². The molecule has 0 aliphatic carbocycles. The average Bonchev–Trinajstić information content (AvgIpc) is 2.49. The van der Waals surface area contributed by atoms with Crippen LogP contribution in [0.25, 0.3) is 0 Å². The molecule has 0 aromatic heterocycles. The summed E-state index contributed by atoms with van der Waals surface area (Å²) in [5, 5.41) is 0. The smallest absolute Gasteiger partial charge is 0.232 e. The number of alkyl halides is 1. The third kappa shape index (κ3) is 3.70. The van der Waals surface area contributed by atoms with Gasteiger partial charge in [0, 0.05) is 35.5 Å². The van der Waals surface area contributed by atoms with Crippen LogP contribution in [0.1, 0.15) is 56.0 Å². The first-order valence-corrected chi connectivity index (χ1v) is 8.42. The van der Waals surface area contributed by atoms with Gasteiger partial charge in [0.2, 0.25) is 5.91 Å². The summed E-state index contributed by atoms with van der Waals surface area (Å²) in [5.74, 6) is 0.766. The fourth-order valence-electron chi connectivity index (χ4n) is 2.76.